The van der Waals surface area contributed by atoms with Gasteiger partial charge in [0.25, 0.3) is 5.91 Å². The minimum atomic E-state index is -0.712. The van der Waals surface area contributed by atoms with E-state index in [2.05, 4.69) is 5.32 Å². The number of carbonyl (C=O) groups is 1. The van der Waals surface area contributed by atoms with E-state index in [0.29, 0.717) is 6.54 Å². The largest absolute Gasteiger partial charge is 0.507 e. The van der Waals surface area contributed by atoms with Gasteiger partial charge in [-0.2, -0.15) is 0 Å². The molecule has 0 unspecified atom stereocenters. The van der Waals surface area contributed by atoms with Gasteiger partial charge < -0.3 is 10.4 Å². The molecule has 0 fully saturated rings. The van der Waals surface area contributed by atoms with E-state index < -0.39 is 11.7 Å². The molecule has 0 radical (unpaired) electrons. The third-order valence-electron chi connectivity index (χ3n) is 1.89. The van der Waals surface area contributed by atoms with Crippen LogP contribution in [-0.2, 0) is 0 Å². The second-order valence-electron chi connectivity index (χ2n) is 3.74. The van der Waals surface area contributed by atoms with Crippen LogP contribution in [0.4, 0.5) is 4.39 Å². The zero-order valence-corrected chi connectivity index (χ0v) is 8.75. The Kier molecular flexibility index (Phi) is 3.66. The Labute approximate surface area is 87.9 Å². The zero-order valence-electron chi connectivity index (χ0n) is 8.75. The molecule has 0 aliphatic rings. The Balaban J connectivity index is 2.82. The van der Waals surface area contributed by atoms with E-state index in [4.69, 9.17) is 0 Å². The number of phenols is 1. The van der Waals surface area contributed by atoms with Crippen molar-refractivity contribution < 1.29 is 14.3 Å². The van der Waals surface area contributed by atoms with Crippen molar-refractivity contribution in [2.24, 2.45) is 5.92 Å². The molecular formula is C11H14FNO2. The van der Waals surface area contributed by atoms with Crippen LogP contribution in [0.1, 0.15) is 24.2 Å². The van der Waals surface area contributed by atoms with Crippen molar-refractivity contribution in [1.82, 2.24) is 5.32 Å². The zero-order chi connectivity index (χ0) is 11.4. The van der Waals surface area contributed by atoms with E-state index in [1.807, 2.05) is 13.8 Å². The number of amides is 1. The van der Waals surface area contributed by atoms with Gasteiger partial charge in [0, 0.05) is 6.54 Å². The van der Waals surface area contributed by atoms with Gasteiger partial charge in [0.1, 0.15) is 17.1 Å². The molecule has 0 saturated carbocycles. The summed E-state index contributed by atoms with van der Waals surface area (Å²) < 4.78 is 13.2. The van der Waals surface area contributed by atoms with Crippen LogP contribution < -0.4 is 5.32 Å². The van der Waals surface area contributed by atoms with Crippen molar-refractivity contribution in [3.63, 3.8) is 0 Å². The summed E-state index contributed by atoms with van der Waals surface area (Å²) >= 11 is 0. The predicted octanol–water partition coefficient (Wildman–Crippen LogP) is 1.92. The van der Waals surface area contributed by atoms with Crippen LogP contribution in [0.25, 0.3) is 0 Å². The van der Waals surface area contributed by atoms with Crippen LogP contribution >= 0.6 is 0 Å². The highest BCUT2D eigenvalue weighted by molar-refractivity contribution is 5.97. The SMILES string of the molecule is CC(C)CNC(=O)c1c(O)cccc1F. The first kappa shape index (κ1) is 11.5. The molecule has 0 aromatic heterocycles. The van der Waals surface area contributed by atoms with Gasteiger partial charge >= 0.3 is 0 Å². The quantitative estimate of drug-likeness (QED) is 0.802. The fraction of sp³-hybridized carbons (Fsp3) is 0.364. The Morgan fingerprint density at radius 1 is 1.53 bits per heavy atom. The van der Waals surface area contributed by atoms with Gasteiger partial charge in [0.15, 0.2) is 0 Å². The molecule has 15 heavy (non-hydrogen) atoms. The standard InChI is InChI=1S/C11H14FNO2/c1-7(2)6-13-11(15)10-8(12)4-3-5-9(10)14/h3-5,7,14H,6H2,1-2H3,(H,13,15). The summed E-state index contributed by atoms with van der Waals surface area (Å²) in [6.07, 6.45) is 0. The molecule has 1 aromatic rings. The highest BCUT2D eigenvalue weighted by atomic mass is 19.1. The maximum Gasteiger partial charge on any atom is 0.258 e. The van der Waals surface area contributed by atoms with Gasteiger partial charge in [-0.1, -0.05) is 19.9 Å². The number of aromatic hydroxyl groups is 1. The van der Waals surface area contributed by atoms with Crippen LogP contribution in [0, 0.1) is 11.7 Å². The monoisotopic (exact) mass is 211 g/mol. The maximum atomic E-state index is 13.2. The van der Waals surface area contributed by atoms with Crippen LogP contribution in [0.2, 0.25) is 0 Å². The summed E-state index contributed by atoms with van der Waals surface area (Å²) in [5, 5.41) is 11.9. The number of rotatable bonds is 3. The van der Waals surface area contributed by atoms with Crippen molar-refractivity contribution in [1.29, 1.82) is 0 Å². The summed E-state index contributed by atoms with van der Waals surface area (Å²) in [7, 11) is 0. The van der Waals surface area contributed by atoms with Gasteiger partial charge in [0.2, 0.25) is 0 Å². The lowest BCUT2D eigenvalue weighted by Crippen LogP contribution is -2.28. The molecule has 82 valence electrons. The van der Waals surface area contributed by atoms with Crippen molar-refractivity contribution in [2.75, 3.05) is 6.54 Å². The number of nitrogens with one attached hydrogen (secondary N) is 1. The van der Waals surface area contributed by atoms with E-state index in [0.717, 1.165) is 6.07 Å². The summed E-state index contributed by atoms with van der Waals surface area (Å²) in [5.41, 5.74) is -0.293. The third kappa shape index (κ3) is 2.94. The van der Waals surface area contributed by atoms with Gasteiger partial charge in [0.05, 0.1) is 0 Å². The lowest BCUT2D eigenvalue weighted by Gasteiger charge is -2.09. The fourth-order valence-corrected chi connectivity index (χ4v) is 1.12. The van der Waals surface area contributed by atoms with Crippen LogP contribution in [0.3, 0.4) is 0 Å². The molecule has 3 nitrogen and oxygen atoms in total. The molecule has 1 aromatic carbocycles. The summed E-state index contributed by atoms with van der Waals surface area (Å²) in [4.78, 5) is 11.5. The van der Waals surface area contributed by atoms with Gasteiger partial charge in [-0.15, -0.1) is 0 Å². The molecule has 0 aliphatic heterocycles. The highest BCUT2D eigenvalue weighted by Gasteiger charge is 2.15. The number of benzene rings is 1. The molecule has 0 atom stereocenters. The minimum Gasteiger partial charge on any atom is -0.507 e. The average molecular weight is 211 g/mol. The summed E-state index contributed by atoms with van der Waals surface area (Å²) in [6, 6.07) is 3.78. The molecule has 0 bridgehead atoms. The number of halogens is 1. The molecule has 2 N–H and O–H groups in total. The topological polar surface area (TPSA) is 49.3 Å². The number of carbonyl (C=O) groups excluding carboxylic acids is 1. The first-order valence-corrected chi connectivity index (χ1v) is 4.78. The van der Waals surface area contributed by atoms with Crippen molar-refractivity contribution >= 4 is 5.91 Å². The molecule has 4 heteroatoms. The van der Waals surface area contributed by atoms with E-state index in [1.165, 1.54) is 12.1 Å². The molecular weight excluding hydrogens is 197 g/mol. The average Bonchev–Trinajstić information content (AvgIpc) is 2.14. The predicted molar refractivity (Wildman–Crippen MR) is 55.2 cm³/mol. The molecule has 1 rings (SSSR count). The van der Waals surface area contributed by atoms with Gasteiger partial charge in [-0.3, -0.25) is 4.79 Å². The van der Waals surface area contributed by atoms with Crippen molar-refractivity contribution in [2.45, 2.75) is 13.8 Å². The summed E-state index contributed by atoms with van der Waals surface area (Å²) in [6.45, 7) is 4.32. The summed E-state index contributed by atoms with van der Waals surface area (Å²) in [5.74, 6) is -1.35. The first-order chi connectivity index (χ1) is 7.02. The minimum absolute atomic E-state index is 0.280. The highest BCUT2D eigenvalue weighted by Crippen LogP contribution is 2.19. The van der Waals surface area contributed by atoms with Gasteiger partial charge in [-0.25, -0.2) is 4.39 Å². The van der Waals surface area contributed by atoms with Crippen LogP contribution in [0.5, 0.6) is 5.75 Å². The van der Waals surface area contributed by atoms with Crippen LogP contribution in [-0.4, -0.2) is 17.6 Å². The Bertz CT molecular complexity index is 343. The number of phenolic OH excluding ortho intramolecular Hbond substituents is 1. The number of hydrogen-bond acceptors (Lipinski definition) is 2. The van der Waals surface area contributed by atoms with E-state index >= 15 is 0 Å². The first-order valence-electron chi connectivity index (χ1n) is 4.78. The second kappa shape index (κ2) is 4.77. The Hall–Kier alpha value is -1.58. The smallest absolute Gasteiger partial charge is 0.258 e. The molecule has 0 saturated heterocycles. The molecule has 1 amide bonds. The van der Waals surface area contributed by atoms with E-state index in [-0.39, 0.29) is 17.2 Å². The Morgan fingerprint density at radius 2 is 2.20 bits per heavy atom. The fourth-order valence-electron chi connectivity index (χ4n) is 1.12. The van der Waals surface area contributed by atoms with Crippen molar-refractivity contribution in [3.8, 4) is 5.75 Å². The molecule has 0 heterocycles. The second-order valence-corrected chi connectivity index (χ2v) is 3.74. The molecule has 0 spiro atoms. The molecule has 0 aliphatic carbocycles. The van der Waals surface area contributed by atoms with E-state index in [9.17, 15) is 14.3 Å². The van der Waals surface area contributed by atoms with E-state index in [1.54, 1.807) is 0 Å². The lowest BCUT2D eigenvalue weighted by molar-refractivity contribution is 0.0942. The number of hydrogen-bond donors (Lipinski definition) is 2. The Morgan fingerprint density at radius 3 is 2.73 bits per heavy atom. The third-order valence-corrected chi connectivity index (χ3v) is 1.89. The van der Waals surface area contributed by atoms with Crippen LogP contribution in [0.15, 0.2) is 18.2 Å². The maximum absolute atomic E-state index is 13.2. The van der Waals surface area contributed by atoms with Crippen molar-refractivity contribution in [3.05, 3.63) is 29.6 Å². The lowest BCUT2D eigenvalue weighted by atomic mass is 10.1. The normalized spacial score (nSPS) is 10.4. The van der Waals surface area contributed by atoms with Gasteiger partial charge in [-0.05, 0) is 18.1 Å².